The maximum absolute atomic E-state index is 12.0. The number of hydrogen-bond donors (Lipinski definition) is 2. The molecule has 0 saturated heterocycles. The molecule has 1 unspecified atom stereocenters. The highest BCUT2D eigenvalue weighted by atomic mass is 79.9. The third-order valence-electron chi connectivity index (χ3n) is 2.86. The van der Waals surface area contributed by atoms with E-state index in [1.54, 1.807) is 13.2 Å². The Morgan fingerprint density at radius 3 is 2.94 bits per heavy atom. The van der Waals surface area contributed by atoms with Gasteiger partial charge in [-0.3, -0.25) is 4.79 Å². The summed E-state index contributed by atoms with van der Waals surface area (Å²) in [5.74, 6) is 1.19. The van der Waals surface area contributed by atoms with E-state index in [1.807, 2.05) is 0 Å². The van der Waals surface area contributed by atoms with Crippen LogP contribution >= 0.6 is 27.3 Å². The molecular formula is C11H15BrN2O2S. The predicted octanol–water partition coefficient (Wildman–Crippen LogP) is 1.99. The number of carbonyl (C=O) groups excluding carboxylic acids is 1. The highest BCUT2D eigenvalue weighted by Crippen LogP contribution is 2.35. The SMILES string of the molecule is COc1cc(C(=O)NC(CN)C2CC2)sc1Br. The lowest BCUT2D eigenvalue weighted by Gasteiger charge is -2.14. The predicted molar refractivity (Wildman–Crippen MR) is 71.6 cm³/mol. The Bertz CT molecular complexity index is 418. The van der Waals surface area contributed by atoms with Crippen molar-refractivity contribution in [2.75, 3.05) is 13.7 Å². The van der Waals surface area contributed by atoms with Gasteiger partial charge in [0.15, 0.2) is 0 Å². The molecule has 1 saturated carbocycles. The number of thiophene rings is 1. The van der Waals surface area contributed by atoms with Crippen molar-refractivity contribution < 1.29 is 9.53 Å². The molecule has 2 rings (SSSR count). The van der Waals surface area contributed by atoms with E-state index in [-0.39, 0.29) is 11.9 Å². The van der Waals surface area contributed by atoms with E-state index in [0.29, 0.717) is 23.1 Å². The van der Waals surface area contributed by atoms with Crippen molar-refractivity contribution in [2.24, 2.45) is 11.7 Å². The lowest BCUT2D eigenvalue weighted by molar-refractivity contribution is 0.0937. The number of nitrogens with two attached hydrogens (primary N) is 1. The summed E-state index contributed by atoms with van der Waals surface area (Å²) in [6.45, 7) is 0.500. The minimum absolute atomic E-state index is 0.0682. The Balaban J connectivity index is 2.02. The Hall–Kier alpha value is -0.590. The normalized spacial score (nSPS) is 16.6. The van der Waals surface area contributed by atoms with E-state index < -0.39 is 0 Å². The molecule has 1 aliphatic rings. The summed E-state index contributed by atoms with van der Waals surface area (Å²) in [6, 6.07) is 1.85. The van der Waals surface area contributed by atoms with Crippen molar-refractivity contribution in [1.29, 1.82) is 0 Å². The van der Waals surface area contributed by atoms with Gasteiger partial charge in [0.05, 0.1) is 12.0 Å². The van der Waals surface area contributed by atoms with Crippen LogP contribution < -0.4 is 15.8 Å². The minimum Gasteiger partial charge on any atom is -0.495 e. The molecule has 0 aromatic carbocycles. The van der Waals surface area contributed by atoms with E-state index >= 15 is 0 Å². The Morgan fingerprint density at radius 2 is 2.47 bits per heavy atom. The third-order valence-corrected chi connectivity index (χ3v) is 4.64. The summed E-state index contributed by atoms with van der Waals surface area (Å²) in [4.78, 5) is 12.6. The largest absolute Gasteiger partial charge is 0.495 e. The molecule has 0 radical (unpaired) electrons. The van der Waals surface area contributed by atoms with Crippen molar-refractivity contribution in [3.05, 3.63) is 14.7 Å². The van der Waals surface area contributed by atoms with Gasteiger partial charge in [0, 0.05) is 18.7 Å². The van der Waals surface area contributed by atoms with Crippen LogP contribution in [-0.2, 0) is 0 Å². The van der Waals surface area contributed by atoms with E-state index in [9.17, 15) is 4.79 Å². The van der Waals surface area contributed by atoms with Crippen LogP contribution in [0.1, 0.15) is 22.5 Å². The Kier molecular flexibility index (Phi) is 4.06. The molecule has 0 aliphatic heterocycles. The topological polar surface area (TPSA) is 64.3 Å². The Morgan fingerprint density at radius 1 is 1.76 bits per heavy atom. The first-order valence-corrected chi connectivity index (χ1v) is 7.11. The van der Waals surface area contributed by atoms with Crippen LogP contribution in [0.2, 0.25) is 0 Å². The van der Waals surface area contributed by atoms with Crippen molar-refractivity contribution in [1.82, 2.24) is 5.32 Å². The summed E-state index contributed by atoms with van der Waals surface area (Å²) in [5, 5.41) is 2.98. The molecule has 6 heteroatoms. The third kappa shape index (κ3) is 3.00. The first kappa shape index (κ1) is 12.9. The van der Waals surface area contributed by atoms with Gasteiger partial charge in [0.1, 0.15) is 9.54 Å². The van der Waals surface area contributed by atoms with Crippen LogP contribution in [0.3, 0.4) is 0 Å². The maximum atomic E-state index is 12.0. The fourth-order valence-electron chi connectivity index (χ4n) is 1.71. The number of carbonyl (C=O) groups is 1. The summed E-state index contributed by atoms with van der Waals surface area (Å²) < 4.78 is 5.96. The van der Waals surface area contributed by atoms with Gasteiger partial charge in [0.25, 0.3) is 5.91 Å². The second-order valence-electron chi connectivity index (χ2n) is 4.11. The van der Waals surface area contributed by atoms with Crippen molar-refractivity contribution >= 4 is 33.2 Å². The molecular weight excluding hydrogens is 304 g/mol. The fraction of sp³-hybridized carbons (Fsp3) is 0.545. The minimum atomic E-state index is -0.0682. The van der Waals surface area contributed by atoms with E-state index in [4.69, 9.17) is 10.5 Å². The molecule has 1 aliphatic carbocycles. The summed E-state index contributed by atoms with van der Waals surface area (Å²) in [6.07, 6.45) is 2.33. The van der Waals surface area contributed by atoms with Gasteiger partial charge in [0.2, 0.25) is 0 Å². The number of ether oxygens (including phenoxy) is 1. The average molecular weight is 319 g/mol. The molecule has 94 valence electrons. The molecule has 1 aromatic rings. The molecule has 1 amide bonds. The molecule has 1 fully saturated rings. The average Bonchev–Trinajstić information content (AvgIpc) is 3.09. The van der Waals surface area contributed by atoms with Gasteiger partial charge in [-0.25, -0.2) is 0 Å². The fourth-order valence-corrected chi connectivity index (χ4v) is 3.26. The second-order valence-corrected chi connectivity index (χ2v) is 6.48. The van der Waals surface area contributed by atoms with Crippen LogP contribution in [0.15, 0.2) is 9.85 Å². The van der Waals surface area contributed by atoms with Crippen molar-refractivity contribution in [3.8, 4) is 5.75 Å². The zero-order chi connectivity index (χ0) is 12.4. The van der Waals surface area contributed by atoms with Gasteiger partial charge in [-0.15, -0.1) is 11.3 Å². The molecule has 1 aromatic heterocycles. The highest BCUT2D eigenvalue weighted by molar-refractivity contribution is 9.11. The first-order chi connectivity index (χ1) is 8.15. The van der Waals surface area contributed by atoms with Gasteiger partial charge in [-0.2, -0.15) is 0 Å². The van der Waals surface area contributed by atoms with Crippen LogP contribution in [-0.4, -0.2) is 25.6 Å². The molecule has 4 nitrogen and oxygen atoms in total. The molecule has 3 N–H and O–H groups in total. The second kappa shape index (κ2) is 5.37. The zero-order valence-electron chi connectivity index (χ0n) is 9.53. The van der Waals surface area contributed by atoms with Gasteiger partial charge in [-0.1, -0.05) is 0 Å². The molecule has 1 heterocycles. The van der Waals surface area contributed by atoms with Gasteiger partial charge in [-0.05, 0) is 34.7 Å². The van der Waals surface area contributed by atoms with Gasteiger partial charge < -0.3 is 15.8 Å². The highest BCUT2D eigenvalue weighted by Gasteiger charge is 2.31. The van der Waals surface area contributed by atoms with E-state index in [0.717, 1.165) is 3.79 Å². The van der Waals surface area contributed by atoms with Gasteiger partial charge >= 0.3 is 0 Å². The number of hydrogen-bond acceptors (Lipinski definition) is 4. The number of rotatable bonds is 5. The number of nitrogens with one attached hydrogen (secondary N) is 1. The van der Waals surface area contributed by atoms with Crippen LogP contribution in [0.25, 0.3) is 0 Å². The molecule has 17 heavy (non-hydrogen) atoms. The van der Waals surface area contributed by atoms with Crippen LogP contribution in [0.4, 0.5) is 0 Å². The van der Waals surface area contributed by atoms with Crippen molar-refractivity contribution in [3.63, 3.8) is 0 Å². The summed E-state index contributed by atoms with van der Waals surface area (Å²) in [7, 11) is 1.58. The quantitative estimate of drug-likeness (QED) is 0.872. The lowest BCUT2D eigenvalue weighted by atomic mass is 10.2. The molecule has 1 atom stereocenters. The zero-order valence-corrected chi connectivity index (χ0v) is 11.9. The standard InChI is InChI=1S/C11H15BrN2O2S/c1-16-8-4-9(17-10(8)12)11(15)14-7(5-13)6-2-3-6/h4,6-7H,2-3,5,13H2,1H3,(H,14,15). The van der Waals surface area contributed by atoms with E-state index in [1.165, 1.54) is 24.2 Å². The molecule has 0 bridgehead atoms. The van der Waals surface area contributed by atoms with Crippen molar-refractivity contribution in [2.45, 2.75) is 18.9 Å². The summed E-state index contributed by atoms with van der Waals surface area (Å²) >= 11 is 4.73. The van der Waals surface area contributed by atoms with Crippen LogP contribution in [0, 0.1) is 5.92 Å². The monoisotopic (exact) mass is 318 g/mol. The number of halogens is 1. The summed E-state index contributed by atoms with van der Waals surface area (Å²) in [5.41, 5.74) is 5.66. The van der Waals surface area contributed by atoms with E-state index in [2.05, 4.69) is 21.2 Å². The maximum Gasteiger partial charge on any atom is 0.261 e. The molecule has 0 spiro atoms. The Labute approximate surface area is 113 Å². The number of amides is 1. The lowest BCUT2D eigenvalue weighted by Crippen LogP contribution is -2.41. The number of methoxy groups -OCH3 is 1. The van der Waals surface area contributed by atoms with Crippen LogP contribution in [0.5, 0.6) is 5.75 Å². The smallest absolute Gasteiger partial charge is 0.261 e. The first-order valence-electron chi connectivity index (χ1n) is 5.50.